The van der Waals surface area contributed by atoms with Crippen LogP contribution in [0.4, 0.5) is 4.39 Å². The van der Waals surface area contributed by atoms with Gasteiger partial charge in [-0.25, -0.2) is 9.18 Å². The Hall–Kier alpha value is -3.15. The van der Waals surface area contributed by atoms with Crippen LogP contribution in [0.15, 0.2) is 36.4 Å². The van der Waals surface area contributed by atoms with Crippen molar-refractivity contribution in [3.05, 3.63) is 70.2 Å². The van der Waals surface area contributed by atoms with Crippen molar-refractivity contribution < 1.29 is 19.1 Å². The Kier molecular flexibility index (Phi) is 4.99. The number of aryl methyl sites for hydroxylation is 3. The number of carboxylic acids is 1. The number of H-pyrrole nitrogens is 1. The van der Waals surface area contributed by atoms with Crippen LogP contribution in [0.1, 0.15) is 34.0 Å². The standard InChI is InChI=1S/C21H21FN2O3/c1-11-7-12(2)19-17(8-11)16(13(3)23-19)10-18(25)24-20(21(26)27)14-5-4-6-15(22)9-14/h4-9,20,23H,10H2,1-3H3,(H,24,25)(H,26,27)/t20-/m1/s1. The number of aromatic nitrogens is 1. The van der Waals surface area contributed by atoms with Crippen molar-refractivity contribution in [2.24, 2.45) is 0 Å². The quantitative estimate of drug-likeness (QED) is 0.642. The van der Waals surface area contributed by atoms with Gasteiger partial charge in [-0.05, 0) is 55.7 Å². The lowest BCUT2D eigenvalue weighted by molar-refractivity contribution is -0.141. The average Bonchev–Trinajstić information content (AvgIpc) is 2.89. The number of aliphatic carboxylic acids is 1. The summed E-state index contributed by atoms with van der Waals surface area (Å²) in [5.41, 5.74) is 5.04. The van der Waals surface area contributed by atoms with Gasteiger partial charge in [-0.15, -0.1) is 0 Å². The minimum absolute atomic E-state index is 0.0355. The summed E-state index contributed by atoms with van der Waals surface area (Å²) in [5.74, 6) is -2.22. The smallest absolute Gasteiger partial charge is 0.330 e. The lowest BCUT2D eigenvalue weighted by atomic mass is 10.0. The molecule has 0 bridgehead atoms. The molecule has 3 N–H and O–H groups in total. The minimum atomic E-state index is -1.30. The number of rotatable bonds is 5. The highest BCUT2D eigenvalue weighted by atomic mass is 19.1. The van der Waals surface area contributed by atoms with Crippen molar-refractivity contribution in [2.75, 3.05) is 0 Å². The molecule has 5 nitrogen and oxygen atoms in total. The van der Waals surface area contributed by atoms with Crippen molar-refractivity contribution in [1.29, 1.82) is 0 Å². The van der Waals surface area contributed by atoms with E-state index in [0.29, 0.717) is 0 Å². The SMILES string of the molecule is Cc1cc(C)c2[nH]c(C)c(CC(=O)N[C@@H](C(=O)O)c3cccc(F)c3)c2c1. The van der Waals surface area contributed by atoms with E-state index in [2.05, 4.69) is 16.4 Å². The average molecular weight is 368 g/mol. The van der Waals surface area contributed by atoms with Crippen molar-refractivity contribution in [1.82, 2.24) is 10.3 Å². The summed E-state index contributed by atoms with van der Waals surface area (Å²) in [6.45, 7) is 5.88. The van der Waals surface area contributed by atoms with Crippen LogP contribution >= 0.6 is 0 Å². The van der Waals surface area contributed by atoms with Crippen molar-refractivity contribution in [2.45, 2.75) is 33.2 Å². The van der Waals surface area contributed by atoms with E-state index in [9.17, 15) is 19.1 Å². The number of hydrogen-bond acceptors (Lipinski definition) is 2. The molecule has 1 heterocycles. The molecule has 0 saturated heterocycles. The zero-order chi connectivity index (χ0) is 19.7. The maximum atomic E-state index is 13.4. The second kappa shape index (κ2) is 7.23. The van der Waals surface area contributed by atoms with Crippen molar-refractivity contribution in [3.8, 4) is 0 Å². The Labute approximate surface area is 156 Å². The molecule has 2 aromatic carbocycles. The predicted octanol–water partition coefficient (Wildman–Crippen LogP) is 3.72. The van der Waals surface area contributed by atoms with Crippen LogP contribution in [0.2, 0.25) is 0 Å². The van der Waals surface area contributed by atoms with Gasteiger partial charge in [-0.1, -0.05) is 23.8 Å². The number of benzene rings is 2. The van der Waals surface area contributed by atoms with Gasteiger partial charge in [-0.3, -0.25) is 4.79 Å². The van der Waals surface area contributed by atoms with Crippen LogP contribution in [0.5, 0.6) is 0 Å². The highest BCUT2D eigenvalue weighted by Crippen LogP contribution is 2.27. The molecule has 0 aliphatic heterocycles. The number of carbonyl (C=O) groups is 2. The van der Waals surface area contributed by atoms with Gasteiger partial charge in [0.15, 0.2) is 6.04 Å². The molecular weight excluding hydrogens is 347 g/mol. The third-order valence-electron chi connectivity index (χ3n) is 4.64. The van der Waals surface area contributed by atoms with E-state index in [4.69, 9.17) is 0 Å². The molecular formula is C21H21FN2O3. The first kappa shape index (κ1) is 18.6. The van der Waals surface area contributed by atoms with Crippen LogP contribution in [0.25, 0.3) is 10.9 Å². The fourth-order valence-corrected chi connectivity index (χ4v) is 3.41. The third kappa shape index (κ3) is 3.84. The van der Waals surface area contributed by atoms with E-state index in [-0.39, 0.29) is 12.0 Å². The fraction of sp³-hybridized carbons (Fsp3) is 0.238. The molecule has 3 aromatic rings. The Morgan fingerprint density at radius 2 is 1.93 bits per heavy atom. The molecule has 6 heteroatoms. The summed E-state index contributed by atoms with van der Waals surface area (Å²) in [4.78, 5) is 27.4. The number of aromatic amines is 1. The van der Waals surface area contributed by atoms with Gasteiger partial charge >= 0.3 is 5.97 Å². The zero-order valence-corrected chi connectivity index (χ0v) is 15.4. The molecule has 0 saturated carbocycles. The van der Waals surface area contributed by atoms with E-state index in [1.807, 2.05) is 26.8 Å². The third-order valence-corrected chi connectivity index (χ3v) is 4.64. The minimum Gasteiger partial charge on any atom is -0.479 e. The van der Waals surface area contributed by atoms with Crippen molar-refractivity contribution >= 4 is 22.8 Å². The molecule has 0 aliphatic rings. The maximum Gasteiger partial charge on any atom is 0.330 e. The van der Waals surface area contributed by atoms with Crippen LogP contribution in [-0.4, -0.2) is 22.0 Å². The number of halogens is 1. The summed E-state index contributed by atoms with van der Waals surface area (Å²) in [5, 5.41) is 12.9. The van der Waals surface area contributed by atoms with E-state index >= 15 is 0 Å². The second-order valence-corrected chi connectivity index (χ2v) is 6.80. The molecule has 27 heavy (non-hydrogen) atoms. The molecule has 0 fully saturated rings. The highest BCUT2D eigenvalue weighted by molar-refractivity contribution is 5.93. The normalized spacial score (nSPS) is 12.1. The molecule has 0 radical (unpaired) electrons. The Morgan fingerprint density at radius 1 is 1.19 bits per heavy atom. The monoisotopic (exact) mass is 368 g/mol. The van der Waals surface area contributed by atoms with Gasteiger partial charge in [0.2, 0.25) is 5.91 Å². The van der Waals surface area contributed by atoms with E-state index in [1.54, 1.807) is 0 Å². The molecule has 1 aromatic heterocycles. The van der Waals surface area contributed by atoms with E-state index in [0.717, 1.165) is 39.4 Å². The summed E-state index contributed by atoms with van der Waals surface area (Å²) in [7, 11) is 0. The summed E-state index contributed by atoms with van der Waals surface area (Å²) in [6.07, 6.45) is 0.0355. The van der Waals surface area contributed by atoms with E-state index in [1.165, 1.54) is 18.2 Å². The topological polar surface area (TPSA) is 82.2 Å². The number of carboxylic acid groups (broad SMARTS) is 1. The zero-order valence-electron chi connectivity index (χ0n) is 15.4. The van der Waals surface area contributed by atoms with Gasteiger partial charge < -0.3 is 15.4 Å². The lowest BCUT2D eigenvalue weighted by Crippen LogP contribution is -2.34. The number of fused-ring (bicyclic) bond motifs is 1. The first-order valence-corrected chi connectivity index (χ1v) is 8.62. The van der Waals surface area contributed by atoms with Crippen LogP contribution in [-0.2, 0) is 16.0 Å². The van der Waals surface area contributed by atoms with Gasteiger partial charge in [0, 0.05) is 16.6 Å². The summed E-state index contributed by atoms with van der Waals surface area (Å²) < 4.78 is 13.4. The number of hydrogen-bond donors (Lipinski definition) is 3. The first-order valence-electron chi connectivity index (χ1n) is 8.62. The predicted molar refractivity (Wildman–Crippen MR) is 101 cm³/mol. The van der Waals surface area contributed by atoms with Gasteiger partial charge in [-0.2, -0.15) is 0 Å². The molecule has 140 valence electrons. The number of amides is 1. The molecule has 1 amide bonds. The van der Waals surface area contributed by atoms with Gasteiger partial charge in [0.1, 0.15) is 5.82 Å². The second-order valence-electron chi connectivity index (χ2n) is 6.80. The maximum absolute atomic E-state index is 13.4. The van der Waals surface area contributed by atoms with Crippen LogP contribution < -0.4 is 5.32 Å². The van der Waals surface area contributed by atoms with Crippen LogP contribution in [0.3, 0.4) is 0 Å². The summed E-state index contributed by atoms with van der Waals surface area (Å²) in [6, 6.07) is 8.01. The Balaban J connectivity index is 1.88. The molecule has 1 atom stereocenters. The Morgan fingerprint density at radius 3 is 2.59 bits per heavy atom. The first-order chi connectivity index (χ1) is 12.8. The number of nitrogens with one attached hydrogen (secondary N) is 2. The summed E-state index contributed by atoms with van der Waals surface area (Å²) >= 11 is 0. The Bertz CT molecular complexity index is 1040. The molecule has 0 unspecified atom stereocenters. The lowest BCUT2D eigenvalue weighted by Gasteiger charge is -2.15. The fourth-order valence-electron chi connectivity index (χ4n) is 3.41. The van der Waals surface area contributed by atoms with E-state index < -0.39 is 23.7 Å². The number of carbonyl (C=O) groups excluding carboxylic acids is 1. The largest absolute Gasteiger partial charge is 0.479 e. The van der Waals surface area contributed by atoms with Crippen molar-refractivity contribution in [3.63, 3.8) is 0 Å². The molecule has 3 rings (SSSR count). The van der Waals surface area contributed by atoms with Gasteiger partial charge in [0.05, 0.1) is 6.42 Å². The van der Waals surface area contributed by atoms with Crippen LogP contribution in [0, 0.1) is 26.6 Å². The highest BCUT2D eigenvalue weighted by Gasteiger charge is 2.23. The molecule has 0 spiro atoms. The van der Waals surface area contributed by atoms with Gasteiger partial charge in [0.25, 0.3) is 0 Å². The molecule has 0 aliphatic carbocycles.